The van der Waals surface area contributed by atoms with Crippen LogP contribution in [-0.2, 0) is 11.2 Å². The fourth-order valence-electron chi connectivity index (χ4n) is 2.87. The highest BCUT2D eigenvalue weighted by molar-refractivity contribution is 6.33. The van der Waals surface area contributed by atoms with Crippen LogP contribution in [0.2, 0.25) is 5.02 Å². The van der Waals surface area contributed by atoms with Gasteiger partial charge >= 0.3 is 0 Å². The maximum Gasteiger partial charge on any atom is 0.143 e. The average molecular weight is 315 g/mol. The third-order valence-electron chi connectivity index (χ3n) is 4.10. The second kappa shape index (κ2) is 7.03. The number of Topliss-reactive ketones (excluding diaryl/α,β-unsaturated/α-hetero) is 1. The minimum atomic E-state index is 0.117. The van der Waals surface area contributed by atoms with E-state index in [2.05, 4.69) is 10.3 Å². The lowest BCUT2D eigenvalue weighted by atomic mass is 9.92. The predicted molar refractivity (Wildman–Crippen MR) is 89.0 cm³/mol. The fraction of sp³-hybridized carbons (Fsp3) is 0.333. The smallest absolute Gasteiger partial charge is 0.143 e. The zero-order chi connectivity index (χ0) is 15.4. The molecule has 1 fully saturated rings. The topological polar surface area (TPSA) is 42.0 Å². The molecule has 1 N–H and O–H groups in total. The molecule has 0 bridgehead atoms. The zero-order valence-electron chi connectivity index (χ0n) is 12.4. The van der Waals surface area contributed by atoms with Crippen LogP contribution >= 0.6 is 11.6 Å². The van der Waals surface area contributed by atoms with Gasteiger partial charge in [-0.1, -0.05) is 41.9 Å². The van der Waals surface area contributed by atoms with Gasteiger partial charge in [0.05, 0.1) is 5.02 Å². The number of nitrogens with one attached hydrogen (secondary N) is 1. The number of hydrogen-bond donors (Lipinski definition) is 1. The van der Waals surface area contributed by atoms with Crippen molar-refractivity contribution in [1.82, 2.24) is 10.3 Å². The Hall–Kier alpha value is -1.71. The quantitative estimate of drug-likeness (QED) is 0.939. The molecule has 1 aliphatic heterocycles. The Morgan fingerprint density at radius 1 is 1.32 bits per heavy atom. The SMILES string of the molecule is O=C(Cc1cc(-c2ccccc2)c(Cl)cn1)[C@@H]1CCCNC1. The van der Waals surface area contributed by atoms with Crippen molar-refractivity contribution in [3.63, 3.8) is 0 Å². The number of halogens is 1. The van der Waals surface area contributed by atoms with Gasteiger partial charge in [-0.05, 0) is 31.0 Å². The Labute approximate surface area is 135 Å². The molecule has 2 heterocycles. The van der Waals surface area contributed by atoms with Crippen LogP contribution in [0.3, 0.4) is 0 Å². The molecule has 1 atom stereocenters. The molecule has 114 valence electrons. The van der Waals surface area contributed by atoms with Gasteiger partial charge in [0.15, 0.2) is 0 Å². The molecule has 0 amide bonds. The Bertz CT molecular complexity index is 651. The summed E-state index contributed by atoms with van der Waals surface area (Å²) in [5, 5.41) is 3.90. The second-order valence-corrected chi connectivity index (χ2v) is 6.12. The minimum absolute atomic E-state index is 0.117. The molecular weight excluding hydrogens is 296 g/mol. The molecule has 3 nitrogen and oxygen atoms in total. The Morgan fingerprint density at radius 2 is 2.14 bits per heavy atom. The molecule has 1 aromatic carbocycles. The van der Waals surface area contributed by atoms with E-state index in [0.29, 0.717) is 11.4 Å². The summed E-state index contributed by atoms with van der Waals surface area (Å²) < 4.78 is 0. The summed E-state index contributed by atoms with van der Waals surface area (Å²) in [6, 6.07) is 11.9. The van der Waals surface area contributed by atoms with Crippen LogP contribution in [0.15, 0.2) is 42.6 Å². The van der Waals surface area contributed by atoms with Gasteiger partial charge in [-0.2, -0.15) is 0 Å². The van der Waals surface area contributed by atoms with Crippen molar-refractivity contribution in [1.29, 1.82) is 0 Å². The second-order valence-electron chi connectivity index (χ2n) is 5.71. The number of aromatic nitrogens is 1. The van der Waals surface area contributed by atoms with Crippen molar-refractivity contribution in [3.05, 3.63) is 53.3 Å². The largest absolute Gasteiger partial charge is 0.316 e. The molecule has 0 saturated carbocycles. The van der Waals surface area contributed by atoms with E-state index in [-0.39, 0.29) is 11.7 Å². The number of carbonyl (C=O) groups is 1. The Kier molecular flexibility index (Phi) is 4.86. The van der Waals surface area contributed by atoms with E-state index < -0.39 is 0 Å². The first-order valence-corrected chi connectivity index (χ1v) is 8.05. The van der Waals surface area contributed by atoms with Gasteiger partial charge in [-0.3, -0.25) is 9.78 Å². The van der Waals surface area contributed by atoms with Gasteiger partial charge in [0, 0.05) is 36.3 Å². The van der Waals surface area contributed by atoms with E-state index in [1.807, 2.05) is 36.4 Å². The van der Waals surface area contributed by atoms with Crippen molar-refractivity contribution in [2.75, 3.05) is 13.1 Å². The highest BCUT2D eigenvalue weighted by atomic mass is 35.5. The van der Waals surface area contributed by atoms with E-state index in [1.54, 1.807) is 6.20 Å². The zero-order valence-corrected chi connectivity index (χ0v) is 13.1. The number of pyridine rings is 1. The van der Waals surface area contributed by atoms with Gasteiger partial charge < -0.3 is 5.32 Å². The first kappa shape index (κ1) is 15.2. The number of ketones is 1. The summed E-state index contributed by atoms with van der Waals surface area (Å²) in [6.45, 7) is 1.80. The minimum Gasteiger partial charge on any atom is -0.316 e. The van der Waals surface area contributed by atoms with E-state index >= 15 is 0 Å². The van der Waals surface area contributed by atoms with Crippen molar-refractivity contribution in [2.24, 2.45) is 5.92 Å². The lowest BCUT2D eigenvalue weighted by Gasteiger charge is -2.21. The van der Waals surface area contributed by atoms with Gasteiger partial charge in [0.25, 0.3) is 0 Å². The van der Waals surface area contributed by atoms with Crippen LogP contribution < -0.4 is 5.32 Å². The van der Waals surface area contributed by atoms with Gasteiger partial charge in [-0.15, -0.1) is 0 Å². The molecule has 0 unspecified atom stereocenters. The first-order valence-electron chi connectivity index (χ1n) is 7.67. The lowest BCUT2D eigenvalue weighted by Crippen LogP contribution is -2.35. The number of nitrogens with zero attached hydrogens (tertiary/aromatic N) is 1. The molecule has 3 rings (SSSR count). The summed E-state index contributed by atoms with van der Waals surface area (Å²) in [4.78, 5) is 16.7. The molecule has 0 radical (unpaired) electrons. The van der Waals surface area contributed by atoms with E-state index in [0.717, 1.165) is 42.8 Å². The molecule has 1 aromatic heterocycles. The molecule has 2 aromatic rings. The molecule has 0 aliphatic carbocycles. The highest BCUT2D eigenvalue weighted by Crippen LogP contribution is 2.28. The molecule has 0 spiro atoms. The van der Waals surface area contributed by atoms with Gasteiger partial charge in [-0.25, -0.2) is 0 Å². The summed E-state index contributed by atoms with van der Waals surface area (Å²) >= 11 is 6.26. The number of piperidine rings is 1. The van der Waals surface area contributed by atoms with E-state index in [4.69, 9.17) is 11.6 Å². The van der Waals surface area contributed by atoms with Crippen molar-refractivity contribution >= 4 is 17.4 Å². The van der Waals surface area contributed by atoms with Crippen LogP contribution in [-0.4, -0.2) is 23.9 Å². The van der Waals surface area contributed by atoms with E-state index in [9.17, 15) is 4.79 Å². The summed E-state index contributed by atoms with van der Waals surface area (Å²) in [6.07, 6.45) is 4.07. The molecule has 4 heteroatoms. The fourth-order valence-corrected chi connectivity index (χ4v) is 3.08. The van der Waals surface area contributed by atoms with Crippen LogP contribution in [0.25, 0.3) is 11.1 Å². The van der Waals surface area contributed by atoms with Gasteiger partial charge in [0.1, 0.15) is 5.78 Å². The van der Waals surface area contributed by atoms with Crippen LogP contribution in [0.1, 0.15) is 18.5 Å². The maximum absolute atomic E-state index is 12.4. The molecule has 1 aliphatic rings. The first-order chi connectivity index (χ1) is 10.7. The Balaban J connectivity index is 1.79. The standard InChI is InChI=1S/C18H19ClN2O/c19-17-12-21-15(9-16(17)13-5-2-1-3-6-13)10-18(22)14-7-4-8-20-11-14/h1-3,5-6,9,12,14,20H,4,7-8,10-11H2/t14-/m1/s1. The normalized spacial score (nSPS) is 18.1. The predicted octanol–water partition coefficient (Wildman–Crippen LogP) is 3.51. The van der Waals surface area contributed by atoms with Crippen molar-refractivity contribution in [3.8, 4) is 11.1 Å². The van der Waals surface area contributed by atoms with Crippen LogP contribution in [0.5, 0.6) is 0 Å². The van der Waals surface area contributed by atoms with Crippen LogP contribution in [0.4, 0.5) is 0 Å². The number of benzene rings is 1. The lowest BCUT2D eigenvalue weighted by molar-refractivity contribution is -0.122. The van der Waals surface area contributed by atoms with Crippen molar-refractivity contribution < 1.29 is 4.79 Å². The number of rotatable bonds is 4. The maximum atomic E-state index is 12.4. The van der Waals surface area contributed by atoms with E-state index in [1.165, 1.54) is 0 Å². The third kappa shape index (κ3) is 3.54. The third-order valence-corrected chi connectivity index (χ3v) is 4.41. The summed E-state index contributed by atoms with van der Waals surface area (Å²) in [5.41, 5.74) is 2.77. The number of hydrogen-bond acceptors (Lipinski definition) is 3. The van der Waals surface area contributed by atoms with Gasteiger partial charge in [0.2, 0.25) is 0 Å². The van der Waals surface area contributed by atoms with Crippen LogP contribution in [0, 0.1) is 5.92 Å². The monoisotopic (exact) mass is 314 g/mol. The molecule has 1 saturated heterocycles. The molecule has 22 heavy (non-hydrogen) atoms. The summed E-state index contributed by atoms with van der Waals surface area (Å²) in [7, 11) is 0. The highest BCUT2D eigenvalue weighted by Gasteiger charge is 2.21. The Morgan fingerprint density at radius 3 is 2.86 bits per heavy atom. The molecular formula is C18H19ClN2O. The summed E-state index contributed by atoms with van der Waals surface area (Å²) in [5.74, 6) is 0.382. The number of carbonyl (C=O) groups excluding carboxylic acids is 1. The van der Waals surface area contributed by atoms with Crippen molar-refractivity contribution in [2.45, 2.75) is 19.3 Å². The average Bonchev–Trinajstić information content (AvgIpc) is 2.58.